The number of benzene rings is 1. The van der Waals surface area contributed by atoms with Crippen LogP contribution in [0.2, 0.25) is 0 Å². The SMILES string of the molecule is Cc1cccc(NC(C(N)=O)c2cc(Br)c(Br)s2)c1. The summed E-state index contributed by atoms with van der Waals surface area (Å²) in [7, 11) is 0. The highest BCUT2D eigenvalue weighted by molar-refractivity contribution is 9.13. The van der Waals surface area contributed by atoms with E-state index in [0.717, 1.165) is 24.4 Å². The summed E-state index contributed by atoms with van der Waals surface area (Å²) < 4.78 is 1.87. The maximum absolute atomic E-state index is 11.6. The number of rotatable bonds is 4. The molecule has 19 heavy (non-hydrogen) atoms. The standard InChI is InChI=1S/C13H12Br2N2OS/c1-7-3-2-4-8(5-7)17-11(13(16)18)10-6-9(14)12(15)19-10/h2-6,11,17H,1H3,(H2,16,18). The molecule has 3 nitrogen and oxygen atoms in total. The number of thiophene rings is 1. The normalized spacial score (nSPS) is 12.2. The van der Waals surface area contributed by atoms with Crippen LogP contribution >= 0.6 is 43.2 Å². The first-order valence-corrected chi connectivity index (χ1v) is 7.95. The molecular weight excluding hydrogens is 392 g/mol. The van der Waals surface area contributed by atoms with Gasteiger partial charge in [-0.3, -0.25) is 4.79 Å². The number of primary amides is 1. The third-order valence-electron chi connectivity index (χ3n) is 2.56. The Morgan fingerprint density at radius 2 is 2.11 bits per heavy atom. The lowest BCUT2D eigenvalue weighted by Crippen LogP contribution is -2.27. The van der Waals surface area contributed by atoms with Crippen LogP contribution < -0.4 is 11.1 Å². The van der Waals surface area contributed by atoms with E-state index in [4.69, 9.17) is 5.73 Å². The summed E-state index contributed by atoms with van der Waals surface area (Å²) in [6.07, 6.45) is 0. The van der Waals surface area contributed by atoms with Crippen molar-refractivity contribution in [2.75, 3.05) is 5.32 Å². The molecule has 3 N–H and O–H groups in total. The monoisotopic (exact) mass is 402 g/mol. The molecule has 0 aliphatic rings. The van der Waals surface area contributed by atoms with Crippen molar-refractivity contribution in [2.24, 2.45) is 5.73 Å². The van der Waals surface area contributed by atoms with Crippen LogP contribution in [0.1, 0.15) is 16.5 Å². The Kier molecular flexibility index (Phi) is 4.65. The topological polar surface area (TPSA) is 55.1 Å². The molecule has 0 bridgehead atoms. The highest BCUT2D eigenvalue weighted by atomic mass is 79.9. The molecular formula is C13H12Br2N2OS. The van der Waals surface area contributed by atoms with E-state index in [9.17, 15) is 4.79 Å². The molecule has 1 aromatic heterocycles. The second kappa shape index (κ2) is 6.07. The van der Waals surface area contributed by atoms with E-state index < -0.39 is 11.9 Å². The second-order valence-electron chi connectivity index (χ2n) is 4.12. The lowest BCUT2D eigenvalue weighted by atomic mass is 10.2. The van der Waals surface area contributed by atoms with Crippen LogP contribution in [0.5, 0.6) is 0 Å². The van der Waals surface area contributed by atoms with E-state index in [2.05, 4.69) is 37.2 Å². The number of hydrogen-bond acceptors (Lipinski definition) is 3. The fourth-order valence-corrected chi connectivity index (χ4v) is 3.84. The number of hydrogen-bond donors (Lipinski definition) is 2. The number of nitrogens with two attached hydrogens (primary N) is 1. The number of carbonyl (C=O) groups excluding carboxylic acids is 1. The number of halogens is 2. The van der Waals surface area contributed by atoms with Crippen LogP contribution in [0.15, 0.2) is 38.6 Å². The quantitative estimate of drug-likeness (QED) is 0.802. The van der Waals surface area contributed by atoms with Crippen molar-refractivity contribution in [3.05, 3.63) is 49.0 Å². The second-order valence-corrected chi connectivity index (χ2v) is 7.38. The Bertz CT molecular complexity index is 593. The third-order valence-corrected chi connectivity index (χ3v) is 5.88. The lowest BCUT2D eigenvalue weighted by molar-refractivity contribution is -0.118. The fourth-order valence-electron chi connectivity index (χ4n) is 1.69. The van der Waals surface area contributed by atoms with Crippen molar-refractivity contribution in [3.8, 4) is 0 Å². The van der Waals surface area contributed by atoms with Gasteiger partial charge in [0.2, 0.25) is 5.91 Å². The van der Waals surface area contributed by atoms with Gasteiger partial charge in [0, 0.05) is 15.0 Å². The van der Waals surface area contributed by atoms with Gasteiger partial charge in [0.05, 0.1) is 3.79 Å². The minimum Gasteiger partial charge on any atom is -0.369 e. The molecule has 100 valence electrons. The number of anilines is 1. The smallest absolute Gasteiger partial charge is 0.245 e. The molecule has 0 aliphatic heterocycles. The van der Waals surface area contributed by atoms with Crippen LogP contribution in [0.3, 0.4) is 0 Å². The molecule has 0 aliphatic carbocycles. The molecule has 0 saturated carbocycles. The van der Waals surface area contributed by atoms with Gasteiger partial charge in [-0.25, -0.2) is 0 Å². The van der Waals surface area contributed by atoms with E-state index in [0.29, 0.717) is 0 Å². The number of amides is 1. The summed E-state index contributed by atoms with van der Waals surface area (Å²) in [5.74, 6) is -0.400. The highest BCUT2D eigenvalue weighted by Gasteiger charge is 2.21. The Hall–Kier alpha value is -0.850. The summed E-state index contributed by atoms with van der Waals surface area (Å²) >= 11 is 8.32. The van der Waals surface area contributed by atoms with Gasteiger partial charge >= 0.3 is 0 Å². The minimum absolute atomic E-state index is 0.400. The molecule has 2 rings (SSSR count). The maximum atomic E-state index is 11.6. The molecule has 6 heteroatoms. The van der Waals surface area contributed by atoms with Crippen molar-refractivity contribution >= 4 is 54.8 Å². The van der Waals surface area contributed by atoms with Crippen LogP contribution in [0.25, 0.3) is 0 Å². The molecule has 1 unspecified atom stereocenters. The summed E-state index contributed by atoms with van der Waals surface area (Å²) in [5, 5.41) is 3.17. The first kappa shape index (κ1) is 14.6. The number of aryl methyl sites for hydroxylation is 1. The number of carbonyl (C=O) groups is 1. The largest absolute Gasteiger partial charge is 0.369 e. The van der Waals surface area contributed by atoms with Gasteiger partial charge in [-0.05, 0) is 62.5 Å². The zero-order valence-electron chi connectivity index (χ0n) is 10.1. The van der Waals surface area contributed by atoms with Gasteiger partial charge in [-0.15, -0.1) is 11.3 Å². The van der Waals surface area contributed by atoms with Crippen LogP contribution in [-0.4, -0.2) is 5.91 Å². The molecule has 1 amide bonds. The fraction of sp³-hybridized carbons (Fsp3) is 0.154. The first-order chi connectivity index (χ1) is 8.97. The summed E-state index contributed by atoms with van der Waals surface area (Å²) in [5.41, 5.74) is 7.49. The van der Waals surface area contributed by atoms with Gasteiger partial charge in [-0.1, -0.05) is 12.1 Å². The van der Waals surface area contributed by atoms with E-state index in [-0.39, 0.29) is 0 Å². The van der Waals surface area contributed by atoms with Crippen LogP contribution in [-0.2, 0) is 4.79 Å². The van der Waals surface area contributed by atoms with Gasteiger partial charge in [0.25, 0.3) is 0 Å². The first-order valence-electron chi connectivity index (χ1n) is 5.54. The molecule has 0 saturated heterocycles. The van der Waals surface area contributed by atoms with Crippen molar-refractivity contribution in [3.63, 3.8) is 0 Å². The highest BCUT2D eigenvalue weighted by Crippen LogP contribution is 2.36. The molecule has 1 heterocycles. The summed E-state index contributed by atoms with van der Waals surface area (Å²) in [6, 6.07) is 9.20. The predicted molar refractivity (Wildman–Crippen MR) is 86.5 cm³/mol. The molecule has 0 fully saturated rings. The number of nitrogens with one attached hydrogen (secondary N) is 1. The average molecular weight is 404 g/mol. The van der Waals surface area contributed by atoms with Crippen molar-refractivity contribution in [1.29, 1.82) is 0 Å². The summed E-state index contributed by atoms with van der Waals surface area (Å²) in [4.78, 5) is 12.5. The molecule has 0 radical (unpaired) electrons. The zero-order chi connectivity index (χ0) is 14.0. The Morgan fingerprint density at radius 1 is 1.37 bits per heavy atom. The zero-order valence-corrected chi connectivity index (χ0v) is 14.1. The van der Waals surface area contributed by atoms with E-state index >= 15 is 0 Å². The Balaban J connectivity index is 2.29. The van der Waals surface area contributed by atoms with Crippen molar-refractivity contribution < 1.29 is 4.79 Å². The van der Waals surface area contributed by atoms with Crippen molar-refractivity contribution in [1.82, 2.24) is 0 Å². The Morgan fingerprint density at radius 3 is 2.63 bits per heavy atom. The lowest BCUT2D eigenvalue weighted by Gasteiger charge is -2.15. The predicted octanol–water partition coefficient (Wildman–Crippen LogP) is 4.22. The van der Waals surface area contributed by atoms with E-state index in [1.807, 2.05) is 37.3 Å². The van der Waals surface area contributed by atoms with Gasteiger partial charge < -0.3 is 11.1 Å². The average Bonchev–Trinajstić information content (AvgIpc) is 2.66. The van der Waals surface area contributed by atoms with Crippen molar-refractivity contribution in [2.45, 2.75) is 13.0 Å². The van der Waals surface area contributed by atoms with Crippen LogP contribution in [0, 0.1) is 6.92 Å². The Labute approximate surface area is 132 Å². The van der Waals surface area contributed by atoms with E-state index in [1.165, 1.54) is 11.3 Å². The molecule has 2 aromatic rings. The molecule has 0 spiro atoms. The minimum atomic E-state index is -0.533. The third kappa shape index (κ3) is 3.58. The summed E-state index contributed by atoms with van der Waals surface area (Å²) in [6.45, 7) is 2.00. The van der Waals surface area contributed by atoms with Gasteiger partial charge in [0.15, 0.2) is 0 Å². The van der Waals surface area contributed by atoms with Crippen LogP contribution in [0.4, 0.5) is 5.69 Å². The maximum Gasteiger partial charge on any atom is 0.245 e. The van der Waals surface area contributed by atoms with E-state index in [1.54, 1.807) is 0 Å². The molecule has 1 aromatic carbocycles. The molecule has 1 atom stereocenters. The van der Waals surface area contributed by atoms with Gasteiger partial charge in [0.1, 0.15) is 6.04 Å². The van der Waals surface area contributed by atoms with Gasteiger partial charge in [-0.2, -0.15) is 0 Å².